The molecular formula is C24H15F3O5S. The fourth-order valence-electron chi connectivity index (χ4n) is 3.09. The number of alkyl halides is 3. The van der Waals surface area contributed by atoms with Crippen molar-refractivity contribution in [1.29, 1.82) is 0 Å². The molecule has 2 N–H and O–H groups in total. The maximum atomic E-state index is 12.5. The Bertz CT molecular complexity index is 1320. The zero-order valence-corrected chi connectivity index (χ0v) is 17.5. The molecule has 0 bridgehead atoms. The number of phenols is 1. The zero-order chi connectivity index (χ0) is 23.6. The van der Waals surface area contributed by atoms with Crippen LogP contribution >= 0.6 is 11.3 Å². The topological polar surface area (TPSA) is 76.0 Å². The Morgan fingerprint density at radius 3 is 2.24 bits per heavy atom. The molecule has 3 aromatic carbocycles. The maximum Gasteiger partial charge on any atom is 0.573 e. The summed E-state index contributed by atoms with van der Waals surface area (Å²) in [5.41, 5.74) is 1.28. The first-order chi connectivity index (χ1) is 15.7. The van der Waals surface area contributed by atoms with Crippen molar-refractivity contribution in [2.75, 3.05) is 0 Å². The summed E-state index contributed by atoms with van der Waals surface area (Å²) in [7, 11) is 0. The van der Waals surface area contributed by atoms with Gasteiger partial charge in [0, 0.05) is 16.2 Å². The highest BCUT2D eigenvalue weighted by Gasteiger charge is 2.31. The number of benzene rings is 3. The number of fused-ring (bicyclic) bond motifs is 1. The quantitative estimate of drug-likeness (QED) is 0.294. The Balaban J connectivity index is 1.70. The van der Waals surface area contributed by atoms with Gasteiger partial charge >= 0.3 is 12.3 Å². The number of carboxylic acids is 1. The Kier molecular flexibility index (Phi) is 5.97. The number of aromatic hydroxyl groups is 1. The second kappa shape index (κ2) is 8.87. The van der Waals surface area contributed by atoms with E-state index >= 15 is 0 Å². The molecule has 0 fully saturated rings. The number of carboxylic acid groups (broad SMARTS) is 1. The number of aliphatic carboxylic acids is 1. The Labute approximate surface area is 189 Å². The molecule has 0 aliphatic rings. The van der Waals surface area contributed by atoms with E-state index in [1.165, 1.54) is 47.7 Å². The van der Waals surface area contributed by atoms with Crippen molar-refractivity contribution in [2.45, 2.75) is 6.36 Å². The number of rotatable bonds is 6. The molecule has 168 valence electrons. The smallest absolute Gasteiger partial charge is 0.508 e. The fourth-order valence-corrected chi connectivity index (χ4v) is 4.26. The van der Waals surface area contributed by atoms with Gasteiger partial charge in [0.2, 0.25) is 0 Å². The summed E-state index contributed by atoms with van der Waals surface area (Å²) in [4.78, 5) is 11.3. The van der Waals surface area contributed by atoms with E-state index in [1.54, 1.807) is 36.4 Å². The van der Waals surface area contributed by atoms with E-state index in [0.29, 0.717) is 27.5 Å². The van der Waals surface area contributed by atoms with Crippen LogP contribution in [-0.2, 0) is 4.79 Å². The number of hydrogen-bond donors (Lipinski definition) is 2. The van der Waals surface area contributed by atoms with E-state index in [9.17, 15) is 23.1 Å². The Morgan fingerprint density at radius 2 is 1.61 bits per heavy atom. The molecule has 0 atom stereocenters. The second-order valence-corrected chi connectivity index (χ2v) is 7.91. The van der Waals surface area contributed by atoms with Gasteiger partial charge in [-0.2, -0.15) is 0 Å². The first-order valence-electron chi connectivity index (χ1n) is 9.48. The maximum absolute atomic E-state index is 12.5. The molecule has 0 unspecified atom stereocenters. The SMILES string of the molecule is O=C(O)C=Cc1ccc(Oc2c(-c3ccc(OC(F)(F)F)cc3)sc3cc(O)ccc23)cc1. The lowest BCUT2D eigenvalue weighted by atomic mass is 10.1. The van der Waals surface area contributed by atoms with Crippen molar-refractivity contribution in [1.82, 2.24) is 0 Å². The lowest BCUT2D eigenvalue weighted by Gasteiger charge is -2.11. The summed E-state index contributed by atoms with van der Waals surface area (Å²) < 4.78 is 48.2. The lowest BCUT2D eigenvalue weighted by Crippen LogP contribution is -2.16. The zero-order valence-electron chi connectivity index (χ0n) is 16.7. The first kappa shape index (κ1) is 22.2. The van der Waals surface area contributed by atoms with Crippen LogP contribution in [0.1, 0.15) is 5.56 Å². The summed E-state index contributed by atoms with van der Waals surface area (Å²) in [6.07, 6.45) is -2.30. The van der Waals surface area contributed by atoms with Gasteiger partial charge in [0.05, 0.1) is 4.88 Å². The molecule has 1 heterocycles. The highest BCUT2D eigenvalue weighted by atomic mass is 32.1. The third kappa shape index (κ3) is 5.45. The van der Waals surface area contributed by atoms with Gasteiger partial charge in [0.1, 0.15) is 17.2 Å². The van der Waals surface area contributed by atoms with Gasteiger partial charge in [-0.1, -0.05) is 12.1 Å². The van der Waals surface area contributed by atoms with Crippen LogP contribution in [0.25, 0.3) is 26.6 Å². The monoisotopic (exact) mass is 472 g/mol. The van der Waals surface area contributed by atoms with E-state index in [4.69, 9.17) is 9.84 Å². The van der Waals surface area contributed by atoms with Crippen LogP contribution in [0.4, 0.5) is 13.2 Å². The molecule has 5 nitrogen and oxygen atoms in total. The first-order valence-corrected chi connectivity index (χ1v) is 10.3. The van der Waals surface area contributed by atoms with Crippen LogP contribution in [0.15, 0.2) is 72.8 Å². The van der Waals surface area contributed by atoms with Crippen molar-refractivity contribution in [2.24, 2.45) is 0 Å². The highest BCUT2D eigenvalue weighted by Crippen LogP contribution is 2.47. The van der Waals surface area contributed by atoms with Crippen LogP contribution in [0.3, 0.4) is 0 Å². The summed E-state index contributed by atoms with van der Waals surface area (Å²) in [6, 6.07) is 17.0. The normalized spacial score (nSPS) is 11.7. The minimum atomic E-state index is -4.78. The summed E-state index contributed by atoms with van der Waals surface area (Å²) in [6.45, 7) is 0. The van der Waals surface area contributed by atoms with Gasteiger partial charge in [-0.3, -0.25) is 0 Å². The van der Waals surface area contributed by atoms with Crippen molar-refractivity contribution >= 4 is 33.5 Å². The van der Waals surface area contributed by atoms with Crippen molar-refractivity contribution in [3.05, 3.63) is 78.4 Å². The minimum Gasteiger partial charge on any atom is -0.508 e. The fraction of sp³-hybridized carbons (Fsp3) is 0.0417. The molecular weight excluding hydrogens is 457 g/mol. The predicted octanol–water partition coefficient (Wildman–Crippen LogP) is 7.06. The highest BCUT2D eigenvalue weighted by molar-refractivity contribution is 7.22. The van der Waals surface area contributed by atoms with Gasteiger partial charge < -0.3 is 19.7 Å². The van der Waals surface area contributed by atoms with Crippen LogP contribution < -0.4 is 9.47 Å². The van der Waals surface area contributed by atoms with E-state index in [0.717, 1.165) is 16.2 Å². The molecule has 0 saturated heterocycles. The molecule has 1 aromatic heterocycles. The molecule has 9 heteroatoms. The van der Waals surface area contributed by atoms with Gasteiger partial charge in [-0.25, -0.2) is 4.79 Å². The van der Waals surface area contributed by atoms with Gasteiger partial charge in [0.25, 0.3) is 0 Å². The van der Waals surface area contributed by atoms with E-state index in [1.807, 2.05) is 0 Å². The lowest BCUT2D eigenvalue weighted by molar-refractivity contribution is -0.274. The van der Waals surface area contributed by atoms with E-state index < -0.39 is 12.3 Å². The molecule has 0 spiro atoms. The molecule has 33 heavy (non-hydrogen) atoms. The molecule has 0 aliphatic heterocycles. The second-order valence-electron chi connectivity index (χ2n) is 6.86. The third-order valence-corrected chi connectivity index (χ3v) is 5.68. The van der Waals surface area contributed by atoms with Crippen molar-refractivity contribution < 1.29 is 37.7 Å². The number of thiophene rings is 1. The molecule has 4 aromatic rings. The van der Waals surface area contributed by atoms with Crippen molar-refractivity contribution in [3.8, 4) is 33.4 Å². The van der Waals surface area contributed by atoms with Crippen LogP contribution in [0.2, 0.25) is 0 Å². The Morgan fingerprint density at radius 1 is 0.939 bits per heavy atom. The van der Waals surface area contributed by atoms with Gasteiger partial charge in [-0.15, -0.1) is 24.5 Å². The van der Waals surface area contributed by atoms with E-state index in [2.05, 4.69) is 4.74 Å². The molecule has 4 rings (SSSR count). The average Bonchev–Trinajstić information content (AvgIpc) is 3.10. The molecule has 0 aliphatic carbocycles. The summed E-state index contributed by atoms with van der Waals surface area (Å²) in [5.74, 6) is -0.357. The van der Waals surface area contributed by atoms with Gasteiger partial charge in [-0.05, 0) is 71.8 Å². The van der Waals surface area contributed by atoms with E-state index in [-0.39, 0.29) is 11.5 Å². The average molecular weight is 472 g/mol. The number of phenolic OH excluding ortho intramolecular Hbond substituents is 1. The largest absolute Gasteiger partial charge is 0.573 e. The van der Waals surface area contributed by atoms with Crippen LogP contribution in [-0.4, -0.2) is 22.5 Å². The van der Waals surface area contributed by atoms with Crippen LogP contribution in [0.5, 0.6) is 23.0 Å². The summed E-state index contributed by atoms with van der Waals surface area (Å²) >= 11 is 1.32. The molecule has 0 amide bonds. The Hall–Kier alpha value is -3.98. The summed E-state index contributed by atoms with van der Waals surface area (Å²) in [5, 5.41) is 19.3. The van der Waals surface area contributed by atoms with Crippen LogP contribution in [0, 0.1) is 0 Å². The molecule has 0 saturated carbocycles. The van der Waals surface area contributed by atoms with Crippen molar-refractivity contribution in [3.63, 3.8) is 0 Å². The standard InChI is InChI=1S/C24H15F3O5S/c25-24(26,27)32-18-9-4-15(5-10-18)23-22(19-11-6-16(28)13-20(19)33-23)31-17-7-1-14(2-8-17)3-12-21(29)30/h1-13,28H,(H,29,30). The number of ether oxygens (including phenoxy) is 2. The number of hydrogen-bond acceptors (Lipinski definition) is 5. The van der Waals surface area contributed by atoms with Gasteiger partial charge in [0.15, 0.2) is 5.75 Å². The number of halogens is 3. The number of carbonyl (C=O) groups is 1. The third-order valence-electron chi connectivity index (χ3n) is 4.50. The molecule has 0 radical (unpaired) electrons. The minimum absolute atomic E-state index is 0.0744. The predicted molar refractivity (Wildman–Crippen MR) is 119 cm³/mol.